The molecule has 0 radical (unpaired) electrons. The van der Waals surface area contributed by atoms with Crippen LogP contribution in [0.3, 0.4) is 0 Å². The van der Waals surface area contributed by atoms with Crippen molar-refractivity contribution in [3.63, 3.8) is 0 Å². The second-order valence-electron chi connectivity index (χ2n) is 5.78. The number of methoxy groups -OCH3 is 2. The van der Waals surface area contributed by atoms with Gasteiger partial charge in [-0.3, -0.25) is 9.59 Å². The minimum atomic E-state index is -4.60. The molecular formula is C18H19F3N2O4. The Hall–Kier alpha value is -2.97. The summed E-state index contributed by atoms with van der Waals surface area (Å²) >= 11 is 0. The van der Waals surface area contributed by atoms with Crippen LogP contribution in [0.5, 0.6) is 11.5 Å². The van der Waals surface area contributed by atoms with E-state index in [1.165, 1.54) is 14.2 Å². The van der Waals surface area contributed by atoms with Gasteiger partial charge < -0.3 is 19.4 Å². The smallest absolute Gasteiger partial charge is 0.417 e. The van der Waals surface area contributed by atoms with Gasteiger partial charge in [-0.1, -0.05) is 0 Å². The van der Waals surface area contributed by atoms with E-state index in [0.717, 1.165) is 6.07 Å². The highest BCUT2D eigenvalue weighted by Crippen LogP contribution is 2.29. The molecule has 0 spiro atoms. The molecule has 0 saturated carbocycles. The first kappa shape index (κ1) is 20.3. The fraction of sp³-hybridized carbons (Fsp3) is 0.333. The minimum Gasteiger partial charge on any atom is -0.497 e. The highest BCUT2D eigenvalue weighted by molar-refractivity contribution is 5.76. The van der Waals surface area contributed by atoms with Crippen molar-refractivity contribution < 1.29 is 27.4 Å². The fourth-order valence-electron chi connectivity index (χ4n) is 2.52. The molecular weight excluding hydrogens is 365 g/mol. The van der Waals surface area contributed by atoms with Gasteiger partial charge in [-0.15, -0.1) is 0 Å². The molecule has 1 aromatic carbocycles. The molecule has 2 rings (SSSR count). The molecule has 27 heavy (non-hydrogen) atoms. The average Bonchev–Trinajstić information content (AvgIpc) is 2.61. The number of benzene rings is 1. The third-order valence-corrected chi connectivity index (χ3v) is 3.91. The van der Waals surface area contributed by atoms with Crippen LogP contribution in [0, 0.1) is 0 Å². The van der Waals surface area contributed by atoms with Crippen LogP contribution in [0.15, 0.2) is 41.3 Å². The lowest BCUT2D eigenvalue weighted by Gasteiger charge is -2.19. The summed E-state index contributed by atoms with van der Waals surface area (Å²) in [6, 6.07) is 5.99. The minimum absolute atomic E-state index is 0.514. The van der Waals surface area contributed by atoms with Crippen molar-refractivity contribution >= 4 is 5.91 Å². The summed E-state index contributed by atoms with van der Waals surface area (Å²) in [5.41, 5.74) is -1.08. The lowest BCUT2D eigenvalue weighted by atomic mass is 10.1. The van der Waals surface area contributed by atoms with Crippen LogP contribution in [0.1, 0.15) is 24.1 Å². The number of aromatic nitrogens is 1. The van der Waals surface area contributed by atoms with E-state index in [-0.39, 0.29) is 0 Å². The number of nitrogens with one attached hydrogen (secondary N) is 1. The average molecular weight is 384 g/mol. The Bertz CT molecular complexity index is 878. The van der Waals surface area contributed by atoms with E-state index in [1.54, 1.807) is 25.1 Å². The van der Waals surface area contributed by atoms with Gasteiger partial charge in [0.1, 0.15) is 18.0 Å². The van der Waals surface area contributed by atoms with Crippen molar-refractivity contribution in [3.8, 4) is 11.5 Å². The van der Waals surface area contributed by atoms with Crippen LogP contribution in [-0.2, 0) is 17.5 Å². The Morgan fingerprint density at radius 2 is 1.89 bits per heavy atom. The maximum atomic E-state index is 12.8. The molecule has 0 fully saturated rings. The molecule has 1 unspecified atom stereocenters. The van der Waals surface area contributed by atoms with Crippen LogP contribution >= 0.6 is 0 Å². The van der Waals surface area contributed by atoms with E-state index in [0.29, 0.717) is 33.9 Å². The summed E-state index contributed by atoms with van der Waals surface area (Å²) in [4.78, 5) is 24.0. The quantitative estimate of drug-likeness (QED) is 0.832. The zero-order valence-electron chi connectivity index (χ0n) is 15.0. The molecule has 0 aliphatic heterocycles. The number of carbonyl (C=O) groups excluding carboxylic acids is 1. The molecule has 1 N–H and O–H groups in total. The Kier molecular flexibility index (Phi) is 6.14. The summed E-state index contributed by atoms with van der Waals surface area (Å²) < 4.78 is 49.5. The number of ether oxygens (including phenoxy) is 2. The van der Waals surface area contributed by atoms with Crippen molar-refractivity contribution in [2.24, 2.45) is 0 Å². The topological polar surface area (TPSA) is 69.6 Å². The molecule has 1 atom stereocenters. The number of rotatable bonds is 6. The molecule has 1 aromatic heterocycles. The third kappa shape index (κ3) is 5.02. The molecule has 1 heterocycles. The number of alkyl halides is 3. The Morgan fingerprint density at radius 1 is 1.19 bits per heavy atom. The van der Waals surface area contributed by atoms with E-state index in [1.807, 2.05) is 0 Å². The second-order valence-corrected chi connectivity index (χ2v) is 5.78. The van der Waals surface area contributed by atoms with Crippen LogP contribution < -0.4 is 20.3 Å². The zero-order valence-corrected chi connectivity index (χ0v) is 15.0. The van der Waals surface area contributed by atoms with Gasteiger partial charge in [0.05, 0.1) is 25.8 Å². The molecule has 0 saturated heterocycles. The molecule has 2 aromatic rings. The van der Waals surface area contributed by atoms with E-state index in [9.17, 15) is 22.8 Å². The van der Waals surface area contributed by atoms with Crippen LogP contribution in [0.4, 0.5) is 13.2 Å². The monoisotopic (exact) mass is 384 g/mol. The number of pyridine rings is 1. The van der Waals surface area contributed by atoms with Gasteiger partial charge >= 0.3 is 6.18 Å². The van der Waals surface area contributed by atoms with Crippen LogP contribution in [0.2, 0.25) is 0 Å². The van der Waals surface area contributed by atoms with Gasteiger partial charge in [-0.05, 0) is 31.2 Å². The number of amides is 1. The predicted molar refractivity (Wildman–Crippen MR) is 91.8 cm³/mol. The van der Waals surface area contributed by atoms with E-state index in [2.05, 4.69) is 5.32 Å². The summed E-state index contributed by atoms with van der Waals surface area (Å²) in [6.45, 7) is 1.14. The fourth-order valence-corrected chi connectivity index (χ4v) is 2.52. The lowest BCUT2D eigenvalue weighted by molar-refractivity contribution is -0.138. The van der Waals surface area contributed by atoms with Crippen LogP contribution in [-0.4, -0.2) is 24.7 Å². The second kappa shape index (κ2) is 8.15. The number of carbonyl (C=O) groups is 1. The van der Waals surface area contributed by atoms with Gasteiger partial charge in [0.25, 0.3) is 5.56 Å². The van der Waals surface area contributed by atoms with Crippen molar-refractivity contribution in [2.75, 3.05) is 14.2 Å². The first-order chi connectivity index (χ1) is 12.7. The van der Waals surface area contributed by atoms with Crippen molar-refractivity contribution in [3.05, 3.63) is 58.0 Å². The molecule has 0 bridgehead atoms. The standard InChI is InChI=1S/C18H19F3N2O4/c1-11(14-8-13(26-2)5-6-15(14)27-3)22-16(24)10-23-9-12(18(19,20)21)4-7-17(23)25/h4-9,11H,10H2,1-3H3,(H,22,24). The number of nitrogens with zero attached hydrogens (tertiary/aromatic N) is 1. The number of hydrogen-bond acceptors (Lipinski definition) is 4. The van der Waals surface area contributed by atoms with E-state index in [4.69, 9.17) is 9.47 Å². The van der Waals surface area contributed by atoms with E-state index < -0.39 is 35.8 Å². The van der Waals surface area contributed by atoms with Gasteiger partial charge in [0.2, 0.25) is 5.91 Å². The Balaban J connectivity index is 2.18. The number of halogens is 3. The van der Waals surface area contributed by atoms with Gasteiger partial charge in [-0.2, -0.15) is 13.2 Å². The third-order valence-electron chi connectivity index (χ3n) is 3.91. The van der Waals surface area contributed by atoms with E-state index >= 15 is 0 Å². The zero-order chi connectivity index (χ0) is 20.2. The first-order valence-electron chi connectivity index (χ1n) is 7.94. The summed E-state index contributed by atoms with van der Waals surface area (Å²) in [7, 11) is 2.97. The summed E-state index contributed by atoms with van der Waals surface area (Å²) in [6.07, 6.45) is -3.98. The largest absolute Gasteiger partial charge is 0.497 e. The molecule has 9 heteroatoms. The molecule has 1 amide bonds. The van der Waals surface area contributed by atoms with Gasteiger partial charge in [0, 0.05) is 17.8 Å². The van der Waals surface area contributed by atoms with Crippen molar-refractivity contribution in [1.29, 1.82) is 0 Å². The Morgan fingerprint density at radius 3 is 2.48 bits per heavy atom. The normalized spacial score (nSPS) is 12.4. The SMILES string of the molecule is COc1ccc(OC)c(C(C)NC(=O)Cn2cc(C(F)(F)F)ccc2=O)c1. The summed E-state index contributed by atoms with van der Waals surface area (Å²) in [5.74, 6) is 0.453. The maximum Gasteiger partial charge on any atom is 0.417 e. The van der Waals surface area contributed by atoms with Crippen molar-refractivity contribution in [2.45, 2.75) is 25.7 Å². The molecule has 6 nitrogen and oxygen atoms in total. The molecule has 0 aliphatic rings. The maximum absolute atomic E-state index is 12.8. The van der Waals surface area contributed by atoms with Gasteiger partial charge in [-0.25, -0.2) is 0 Å². The molecule has 146 valence electrons. The molecule has 0 aliphatic carbocycles. The van der Waals surface area contributed by atoms with Gasteiger partial charge in [0.15, 0.2) is 0 Å². The first-order valence-corrected chi connectivity index (χ1v) is 7.94. The van der Waals surface area contributed by atoms with Crippen LogP contribution in [0.25, 0.3) is 0 Å². The Labute approximate surface area is 153 Å². The summed E-state index contributed by atoms with van der Waals surface area (Å²) in [5, 5.41) is 2.64. The highest BCUT2D eigenvalue weighted by Gasteiger charge is 2.31. The highest BCUT2D eigenvalue weighted by atomic mass is 19.4. The predicted octanol–water partition coefficient (Wildman–Crippen LogP) is 2.76. The van der Waals surface area contributed by atoms with Crippen molar-refractivity contribution in [1.82, 2.24) is 9.88 Å². The number of hydrogen-bond donors (Lipinski definition) is 1. The lowest BCUT2D eigenvalue weighted by Crippen LogP contribution is -2.34.